The molecule has 0 spiro atoms. The third-order valence-corrected chi connectivity index (χ3v) is 5.91. The summed E-state index contributed by atoms with van der Waals surface area (Å²) in [5.74, 6) is -0.465. The van der Waals surface area contributed by atoms with Crippen LogP contribution in [0.1, 0.15) is 16.1 Å². The fourth-order valence-electron chi connectivity index (χ4n) is 2.86. The molecule has 0 saturated heterocycles. The van der Waals surface area contributed by atoms with Crippen LogP contribution in [0.25, 0.3) is 16.7 Å². The van der Waals surface area contributed by atoms with Crippen molar-refractivity contribution in [3.63, 3.8) is 0 Å². The highest BCUT2D eigenvalue weighted by molar-refractivity contribution is 7.85. The van der Waals surface area contributed by atoms with E-state index in [1.165, 1.54) is 11.3 Å². The van der Waals surface area contributed by atoms with Gasteiger partial charge >= 0.3 is 0 Å². The van der Waals surface area contributed by atoms with Gasteiger partial charge in [0.25, 0.3) is 16.0 Å². The number of benzene rings is 1. The molecule has 0 bridgehead atoms. The molecule has 0 saturated carbocycles. The predicted octanol–water partition coefficient (Wildman–Crippen LogP) is 3.29. The Morgan fingerprint density at radius 3 is 2.87 bits per heavy atom. The van der Waals surface area contributed by atoms with Gasteiger partial charge in [0.1, 0.15) is 12.3 Å². The number of carbonyl (C=O) groups is 1. The Labute approximate surface area is 180 Å². The maximum atomic E-state index is 12.9. The molecule has 0 unspecified atom stereocenters. The molecule has 1 N–H and O–H groups in total. The van der Waals surface area contributed by atoms with Crippen LogP contribution in [0.2, 0.25) is 5.02 Å². The Bertz CT molecular complexity index is 1420. The van der Waals surface area contributed by atoms with Gasteiger partial charge in [-0.2, -0.15) is 13.4 Å². The molecule has 3 heterocycles. The summed E-state index contributed by atoms with van der Waals surface area (Å²) in [5.41, 5.74) is 2.01. The van der Waals surface area contributed by atoms with Crippen molar-refractivity contribution in [2.75, 3.05) is 6.26 Å². The first-order valence-corrected chi connectivity index (χ1v) is 11.7. The number of halogens is 1. The lowest BCUT2D eigenvalue weighted by atomic mass is 10.2. The average Bonchev–Trinajstić information content (AvgIpc) is 3.30. The summed E-state index contributed by atoms with van der Waals surface area (Å²) in [4.78, 5) is 24.6. The Hall–Kier alpha value is -2.79. The summed E-state index contributed by atoms with van der Waals surface area (Å²) in [6.45, 7) is -0.221. The molecule has 154 valence electrons. The fourth-order valence-corrected chi connectivity index (χ4v) is 4.29. The first-order chi connectivity index (χ1) is 14.3. The van der Waals surface area contributed by atoms with Crippen LogP contribution < -0.4 is 4.80 Å². The third-order valence-electron chi connectivity index (χ3n) is 4.17. The van der Waals surface area contributed by atoms with E-state index in [0.717, 1.165) is 6.26 Å². The van der Waals surface area contributed by atoms with Gasteiger partial charge in [0.05, 0.1) is 28.2 Å². The topological polar surface area (TPSA) is 106 Å². The number of amides is 1. The van der Waals surface area contributed by atoms with Crippen molar-refractivity contribution >= 4 is 50.0 Å². The summed E-state index contributed by atoms with van der Waals surface area (Å²) < 4.78 is 29.4. The Kier molecular flexibility index (Phi) is 5.56. The number of nitrogens with zero attached hydrogens (tertiary/aromatic N) is 3. The van der Waals surface area contributed by atoms with Gasteiger partial charge in [-0.25, -0.2) is 4.98 Å². The molecule has 1 aromatic carbocycles. The summed E-state index contributed by atoms with van der Waals surface area (Å²) in [7, 11) is -3.66. The number of hydrogen-bond donors (Lipinski definition) is 1. The number of rotatable bonds is 5. The molecule has 0 aliphatic rings. The van der Waals surface area contributed by atoms with Gasteiger partial charge in [0, 0.05) is 23.2 Å². The van der Waals surface area contributed by atoms with Crippen molar-refractivity contribution in [2.45, 2.75) is 6.61 Å². The molecule has 4 aromatic rings. The van der Waals surface area contributed by atoms with Gasteiger partial charge in [-0.15, -0.1) is 11.3 Å². The predicted molar refractivity (Wildman–Crippen MR) is 114 cm³/mol. The molecule has 30 heavy (non-hydrogen) atoms. The van der Waals surface area contributed by atoms with Gasteiger partial charge in [0.15, 0.2) is 4.80 Å². The average molecular weight is 463 g/mol. The van der Waals surface area contributed by atoms with E-state index >= 15 is 0 Å². The number of aromatic amines is 1. The molecule has 1 amide bonds. The van der Waals surface area contributed by atoms with E-state index in [4.69, 9.17) is 15.8 Å². The van der Waals surface area contributed by atoms with Crippen LogP contribution >= 0.6 is 22.9 Å². The minimum absolute atomic E-state index is 0.221. The number of hydrogen-bond acceptors (Lipinski definition) is 6. The van der Waals surface area contributed by atoms with E-state index < -0.39 is 16.0 Å². The number of H-pyrrole nitrogens is 1. The maximum Gasteiger partial charge on any atom is 0.281 e. The summed E-state index contributed by atoms with van der Waals surface area (Å²) in [6, 6.07) is 10.5. The number of pyridine rings is 1. The minimum Gasteiger partial charge on any atom is -0.345 e. The number of thiazole rings is 1. The number of nitrogens with one attached hydrogen (secondary N) is 1. The first-order valence-electron chi connectivity index (χ1n) is 8.63. The highest BCUT2D eigenvalue weighted by Gasteiger charge is 2.16. The van der Waals surface area contributed by atoms with Crippen molar-refractivity contribution in [3.05, 3.63) is 75.3 Å². The van der Waals surface area contributed by atoms with E-state index in [1.807, 2.05) is 0 Å². The Morgan fingerprint density at radius 1 is 1.30 bits per heavy atom. The molecule has 0 fully saturated rings. The summed E-state index contributed by atoms with van der Waals surface area (Å²) in [6.07, 6.45) is 4.16. The highest BCUT2D eigenvalue weighted by atomic mass is 35.5. The number of para-hydroxylation sites is 1. The van der Waals surface area contributed by atoms with Crippen molar-refractivity contribution in [3.8, 4) is 5.69 Å². The minimum atomic E-state index is -3.66. The molecule has 8 nitrogen and oxygen atoms in total. The van der Waals surface area contributed by atoms with E-state index in [9.17, 15) is 13.2 Å². The highest BCUT2D eigenvalue weighted by Crippen LogP contribution is 2.22. The van der Waals surface area contributed by atoms with E-state index in [1.54, 1.807) is 58.7 Å². The van der Waals surface area contributed by atoms with Crippen LogP contribution in [0, 0.1) is 0 Å². The first kappa shape index (κ1) is 20.5. The lowest BCUT2D eigenvalue weighted by Gasteiger charge is -2.10. The molecule has 0 aliphatic carbocycles. The quantitative estimate of drug-likeness (QED) is 0.458. The summed E-state index contributed by atoms with van der Waals surface area (Å²) >= 11 is 7.53. The van der Waals surface area contributed by atoms with E-state index in [0.29, 0.717) is 37.8 Å². The van der Waals surface area contributed by atoms with Crippen molar-refractivity contribution in [1.29, 1.82) is 0 Å². The second-order valence-corrected chi connectivity index (χ2v) is 9.17. The number of aromatic nitrogens is 3. The zero-order valence-corrected chi connectivity index (χ0v) is 18.0. The lowest BCUT2D eigenvalue weighted by molar-refractivity contribution is 0.0999. The monoisotopic (exact) mass is 462 g/mol. The molecular formula is C19H15ClN4O4S2. The van der Waals surface area contributed by atoms with Gasteiger partial charge in [-0.05, 0) is 24.3 Å². The van der Waals surface area contributed by atoms with Crippen molar-refractivity contribution in [1.82, 2.24) is 14.5 Å². The standard InChI is InChI=1S/C19H15ClN4O4S2/c1-30(26,27)28-10-12-11-29-19(24(12)16-7-3-2-6-15(16)20)23-18(25)14-9-22-17-13(14)5-4-8-21-17/h2-9,11H,10H2,1H3,(H,21,22)/b23-19-. The molecule has 0 atom stereocenters. The normalized spacial score (nSPS) is 12.5. The molecule has 11 heteroatoms. The van der Waals surface area contributed by atoms with Gasteiger partial charge < -0.3 is 4.98 Å². The second-order valence-electron chi connectivity index (χ2n) is 6.28. The molecule has 4 rings (SSSR count). The molecule has 0 radical (unpaired) electrons. The number of fused-ring (bicyclic) bond motifs is 1. The Balaban J connectivity index is 1.84. The van der Waals surface area contributed by atoms with Crippen molar-refractivity contribution < 1.29 is 17.4 Å². The molecular weight excluding hydrogens is 448 g/mol. The summed E-state index contributed by atoms with van der Waals surface area (Å²) in [5, 5.41) is 2.76. The molecule has 0 aliphatic heterocycles. The van der Waals surface area contributed by atoms with Gasteiger partial charge in [0.2, 0.25) is 0 Å². The third kappa shape index (κ3) is 4.21. The van der Waals surface area contributed by atoms with Crippen molar-refractivity contribution in [2.24, 2.45) is 4.99 Å². The Morgan fingerprint density at radius 2 is 2.10 bits per heavy atom. The molecule has 3 aromatic heterocycles. The van der Waals surface area contributed by atoms with E-state index in [2.05, 4.69) is 15.0 Å². The van der Waals surface area contributed by atoms with E-state index in [-0.39, 0.29) is 6.61 Å². The zero-order chi connectivity index (χ0) is 21.3. The van der Waals surface area contributed by atoms with Crippen LogP contribution in [0.15, 0.2) is 59.2 Å². The maximum absolute atomic E-state index is 12.9. The number of carbonyl (C=O) groups excluding carboxylic acids is 1. The van der Waals surface area contributed by atoms with Gasteiger partial charge in [-0.1, -0.05) is 23.7 Å². The van der Waals surface area contributed by atoms with Crippen LogP contribution in [0.4, 0.5) is 0 Å². The SMILES string of the molecule is CS(=O)(=O)OCc1cs/c(=N\C(=O)c2c[nH]c3ncccc23)n1-c1ccccc1Cl. The smallest absolute Gasteiger partial charge is 0.281 e. The lowest BCUT2D eigenvalue weighted by Crippen LogP contribution is -2.19. The van der Waals surface area contributed by atoms with Crippen LogP contribution in [-0.4, -0.2) is 35.1 Å². The van der Waals surface area contributed by atoms with Crippen LogP contribution in [0.5, 0.6) is 0 Å². The van der Waals surface area contributed by atoms with Crippen LogP contribution in [-0.2, 0) is 20.9 Å². The van der Waals surface area contributed by atoms with Crippen LogP contribution in [0.3, 0.4) is 0 Å². The largest absolute Gasteiger partial charge is 0.345 e. The van der Waals surface area contributed by atoms with Gasteiger partial charge in [-0.3, -0.25) is 13.5 Å². The fraction of sp³-hybridized carbons (Fsp3) is 0.105. The second kappa shape index (κ2) is 8.15. The zero-order valence-electron chi connectivity index (χ0n) is 15.6.